The van der Waals surface area contributed by atoms with Gasteiger partial charge in [-0.2, -0.15) is 0 Å². The van der Waals surface area contributed by atoms with Gasteiger partial charge < -0.3 is 16.0 Å². The van der Waals surface area contributed by atoms with Crippen molar-refractivity contribution in [1.29, 1.82) is 0 Å². The maximum Gasteiger partial charge on any atom is 0.255 e. The average molecular weight is 578 g/mol. The summed E-state index contributed by atoms with van der Waals surface area (Å²) in [7, 11) is 0. The monoisotopic (exact) mass is 577 g/mol. The molecular formula is C36H43N5O2. The van der Waals surface area contributed by atoms with Crippen molar-refractivity contribution in [2.24, 2.45) is 0 Å². The van der Waals surface area contributed by atoms with Gasteiger partial charge in [-0.1, -0.05) is 77.3 Å². The normalized spacial score (nSPS) is 12.0. The van der Waals surface area contributed by atoms with Crippen LogP contribution in [0.15, 0.2) is 79.0 Å². The van der Waals surface area contributed by atoms with Gasteiger partial charge in [0.05, 0.1) is 5.69 Å². The van der Waals surface area contributed by atoms with Gasteiger partial charge in [0, 0.05) is 40.3 Å². The highest BCUT2D eigenvalue weighted by Gasteiger charge is 2.22. The van der Waals surface area contributed by atoms with Gasteiger partial charge in [0.25, 0.3) is 11.8 Å². The molecular weight excluding hydrogens is 534 g/mol. The van der Waals surface area contributed by atoms with Crippen LogP contribution in [0.2, 0.25) is 0 Å². The minimum Gasteiger partial charge on any atom is -0.350 e. The zero-order valence-electron chi connectivity index (χ0n) is 26.1. The molecule has 0 spiro atoms. The number of nitrogens with zero attached hydrogens (tertiary/aromatic N) is 2. The van der Waals surface area contributed by atoms with E-state index in [-0.39, 0.29) is 23.3 Å². The molecule has 0 bridgehead atoms. The number of aromatic nitrogens is 2. The molecule has 0 saturated heterocycles. The van der Waals surface area contributed by atoms with Gasteiger partial charge in [0.15, 0.2) is 0 Å². The Balaban J connectivity index is 1.46. The first-order valence-corrected chi connectivity index (χ1v) is 15.1. The largest absolute Gasteiger partial charge is 0.350 e. The molecule has 224 valence electrons. The van der Waals surface area contributed by atoms with Crippen LogP contribution in [0.25, 0.3) is 11.3 Å². The molecule has 7 heteroatoms. The first-order valence-electron chi connectivity index (χ1n) is 15.1. The molecule has 3 aromatic carbocycles. The molecule has 3 N–H and O–H groups in total. The predicted octanol–water partition coefficient (Wildman–Crippen LogP) is 8.44. The van der Waals surface area contributed by atoms with E-state index in [0.29, 0.717) is 17.1 Å². The van der Waals surface area contributed by atoms with Gasteiger partial charge >= 0.3 is 0 Å². The quantitative estimate of drug-likeness (QED) is 0.155. The number of rotatable bonds is 11. The van der Waals surface area contributed by atoms with Gasteiger partial charge in [-0.15, -0.1) is 0 Å². The second kappa shape index (κ2) is 14.1. The number of carbonyl (C=O) groups excluding carboxylic acids is 2. The molecule has 0 aliphatic heterocycles. The minimum absolute atomic E-state index is 0.0712. The predicted molar refractivity (Wildman–Crippen MR) is 176 cm³/mol. The lowest BCUT2D eigenvalue weighted by molar-refractivity contribution is 0.0937. The highest BCUT2D eigenvalue weighted by atomic mass is 16.2. The molecule has 1 unspecified atom stereocenters. The second-order valence-electron chi connectivity index (χ2n) is 12.1. The van der Waals surface area contributed by atoms with E-state index >= 15 is 0 Å². The second-order valence-corrected chi connectivity index (χ2v) is 12.1. The average Bonchev–Trinajstić information content (AvgIpc) is 2.98. The summed E-state index contributed by atoms with van der Waals surface area (Å²) in [6, 6.07) is 22.8. The van der Waals surface area contributed by atoms with E-state index in [1.54, 1.807) is 18.3 Å². The molecule has 7 nitrogen and oxygen atoms in total. The highest BCUT2D eigenvalue weighted by molar-refractivity contribution is 6.06. The third kappa shape index (κ3) is 8.28. The smallest absolute Gasteiger partial charge is 0.255 e. The number of benzene rings is 3. The van der Waals surface area contributed by atoms with Crippen molar-refractivity contribution in [3.05, 3.63) is 101 Å². The Kier molecular flexibility index (Phi) is 10.3. The van der Waals surface area contributed by atoms with E-state index < -0.39 is 0 Å². The van der Waals surface area contributed by atoms with Crippen LogP contribution in [0, 0.1) is 6.92 Å². The molecule has 1 heterocycles. The fourth-order valence-corrected chi connectivity index (χ4v) is 5.06. The summed E-state index contributed by atoms with van der Waals surface area (Å²) in [4.78, 5) is 35.1. The van der Waals surface area contributed by atoms with Crippen LogP contribution in [0.5, 0.6) is 0 Å². The number of hydrogen-bond donors (Lipinski definition) is 3. The Labute approximate surface area is 255 Å². The first kappa shape index (κ1) is 31.4. The van der Waals surface area contributed by atoms with Crippen LogP contribution in [0.1, 0.15) is 92.1 Å². The SMILES string of the molecule is CCCCCC(C)NC(=O)c1ccc(Nc2nccc(-c3cccc(NC(=O)c4ccccc4C(C)(C)C)c3C)n2)cc1. The Hall–Kier alpha value is -4.52. The van der Waals surface area contributed by atoms with Gasteiger partial charge in [0.1, 0.15) is 0 Å². The van der Waals surface area contributed by atoms with E-state index in [1.165, 1.54) is 12.8 Å². The van der Waals surface area contributed by atoms with Gasteiger partial charge in [-0.25, -0.2) is 9.97 Å². The van der Waals surface area contributed by atoms with Crippen LogP contribution in [-0.4, -0.2) is 27.8 Å². The lowest BCUT2D eigenvalue weighted by Gasteiger charge is -2.22. The fourth-order valence-electron chi connectivity index (χ4n) is 5.06. The molecule has 4 aromatic rings. The highest BCUT2D eigenvalue weighted by Crippen LogP contribution is 2.30. The summed E-state index contributed by atoms with van der Waals surface area (Å²) in [5.74, 6) is 0.226. The zero-order valence-corrected chi connectivity index (χ0v) is 26.1. The summed E-state index contributed by atoms with van der Waals surface area (Å²) in [5, 5.41) is 9.43. The molecule has 43 heavy (non-hydrogen) atoms. The van der Waals surface area contributed by atoms with E-state index in [2.05, 4.69) is 48.6 Å². The minimum atomic E-state index is -0.158. The van der Waals surface area contributed by atoms with Crippen LogP contribution in [-0.2, 0) is 5.41 Å². The Morgan fingerprint density at radius 2 is 1.63 bits per heavy atom. The van der Waals surface area contributed by atoms with Crippen LogP contribution in [0.4, 0.5) is 17.3 Å². The number of unbranched alkanes of at least 4 members (excludes halogenated alkanes) is 2. The summed E-state index contributed by atoms with van der Waals surface area (Å²) in [5.41, 5.74) is 6.16. The summed E-state index contributed by atoms with van der Waals surface area (Å²) in [6.07, 6.45) is 6.14. The van der Waals surface area contributed by atoms with Crippen LogP contribution >= 0.6 is 0 Å². The molecule has 0 fully saturated rings. The van der Waals surface area contributed by atoms with Crippen molar-refractivity contribution in [1.82, 2.24) is 15.3 Å². The lowest BCUT2D eigenvalue weighted by Crippen LogP contribution is -2.32. The number of amides is 2. The molecule has 0 saturated carbocycles. The van der Waals surface area contributed by atoms with E-state index in [0.717, 1.165) is 46.6 Å². The molecule has 0 radical (unpaired) electrons. The van der Waals surface area contributed by atoms with E-state index in [4.69, 9.17) is 4.98 Å². The summed E-state index contributed by atoms with van der Waals surface area (Å²) >= 11 is 0. The molecule has 1 atom stereocenters. The van der Waals surface area contributed by atoms with Crippen molar-refractivity contribution < 1.29 is 9.59 Å². The van der Waals surface area contributed by atoms with Crippen LogP contribution in [0.3, 0.4) is 0 Å². The molecule has 0 aliphatic carbocycles. The maximum absolute atomic E-state index is 13.3. The number of nitrogens with one attached hydrogen (secondary N) is 3. The Morgan fingerprint density at radius 3 is 2.35 bits per heavy atom. The number of carbonyl (C=O) groups is 2. The van der Waals surface area contributed by atoms with Gasteiger partial charge in [-0.3, -0.25) is 9.59 Å². The molecule has 4 rings (SSSR count). The summed E-state index contributed by atoms with van der Waals surface area (Å²) in [6.45, 7) is 12.5. The number of anilines is 3. The Bertz CT molecular complexity index is 1560. The zero-order chi connectivity index (χ0) is 31.0. The maximum atomic E-state index is 13.3. The topological polar surface area (TPSA) is 96.0 Å². The Morgan fingerprint density at radius 1 is 0.884 bits per heavy atom. The van der Waals surface area contributed by atoms with E-state index in [9.17, 15) is 9.59 Å². The first-order chi connectivity index (χ1) is 20.6. The van der Waals surface area contributed by atoms with Gasteiger partial charge in [0.2, 0.25) is 5.95 Å². The van der Waals surface area contributed by atoms with Crippen molar-refractivity contribution >= 4 is 29.1 Å². The van der Waals surface area contributed by atoms with Gasteiger partial charge in [-0.05, 0) is 79.3 Å². The van der Waals surface area contributed by atoms with Crippen molar-refractivity contribution in [2.75, 3.05) is 10.6 Å². The van der Waals surface area contributed by atoms with Crippen molar-refractivity contribution in [3.8, 4) is 11.3 Å². The third-order valence-electron chi connectivity index (χ3n) is 7.51. The third-order valence-corrected chi connectivity index (χ3v) is 7.51. The molecule has 2 amide bonds. The number of hydrogen-bond acceptors (Lipinski definition) is 5. The lowest BCUT2D eigenvalue weighted by atomic mass is 9.83. The van der Waals surface area contributed by atoms with E-state index in [1.807, 2.05) is 74.5 Å². The van der Waals surface area contributed by atoms with Crippen molar-refractivity contribution in [3.63, 3.8) is 0 Å². The standard InChI is InChI=1S/C36H43N5O2/c1-7-8-9-13-24(2)38-33(42)26-18-20-27(21-19-26)39-35-37-23-22-32(41-35)28-15-12-17-31(25(28)3)40-34(43)29-14-10-11-16-30(29)36(4,5)6/h10-12,14-24H,7-9,13H2,1-6H3,(H,38,42)(H,40,43)(H,37,39,41). The van der Waals surface area contributed by atoms with Crippen molar-refractivity contribution in [2.45, 2.75) is 78.7 Å². The molecule has 0 aliphatic rings. The fraction of sp³-hybridized carbons (Fsp3) is 0.333. The summed E-state index contributed by atoms with van der Waals surface area (Å²) < 4.78 is 0. The van der Waals surface area contributed by atoms with Crippen LogP contribution < -0.4 is 16.0 Å². The molecule has 1 aromatic heterocycles.